The lowest BCUT2D eigenvalue weighted by Crippen LogP contribution is -2.45. The van der Waals surface area contributed by atoms with Gasteiger partial charge in [0.05, 0.1) is 25.4 Å². The van der Waals surface area contributed by atoms with E-state index in [0.717, 1.165) is 48.8 Å². The molecular formula is C24H34N6O3S. The molecule has 2 amide bonds. The first-order chi connectivity index (χ1) is 16.4. The SMILES string of the molecule is COC(=O)N1CCc2c(nc(C)n2[C@H]2C[C@H]3CC[C@@H](C2)N3CC[C@H](NC(C)=O)c2nccs2)C1. The van der Waals surface area contributed by atoms with Gasteiger partial charge in [-0.2, -0.15) is 0 Å². The second-order valence-corrected chi connectivity index (χ2v) is 10.7. The number of imidazole rings is 1. The van der Waals surface area contributed by atoms with Crippen LogP contribution in [0.15, 0.2) is 11.6 Å². The molecule has 0 saturated carbocycles. The van der Waals surface area contributed by atoms with Crippen molar-refractivity contribution in [2.24, 2.45) is 0 Å². The molecule has 2 saturated heterocycles. The molecule has 10 heteroatoms. The van der Waals surface area contributed by atoms with Crippen LogP contribution in [0.2, 0.25) is 0 Å². The van der Waals surface area contributed by atoms with E-state index in [1.54, 1.807) is 23.2 Å². The predicted octanol–water partition coefficient (Wildman–Crippen LogP) is 3.21. The molecule has 5 heterocycles. The molecule has 0 spiro atoms. The van der Waals surface area contributed by atoms with Crippen molar-refractivity contribution >= 4 is 23.3 Å². The van der Waals surface area contributed by atoms with Crippen LogP contribution in [0.4, 0.5) is 4.79 Å². The van der Waals surface area contributed by atoms with Crippen molar-refractivity contribution in [1.82, 2.24) is 29.7 Å². The highest BCUT2D eigenvalue weighted by atomic mass is 32.1. The summed E-state index contributed by atoms with van der Waals surface area (Å²) in [5, 5.41) is 6.05. The molecule has 4 atom stereocenters. The van der Waals surface area contributed by atoms with Gasteiger partial charge >= 0.3 is 6.09 Å². The highest BCUT2D eigenvalue weighted by Gasteiger charge is 2.42. The summed E-state index contributed by atoms with van der Waals surface area (Å²) in [4.78, 5) is 37.4. The van der Waals surface area contributed by atoms with E-state index in [1.165, 1.54) is 25.6 Å². The summed E-state index contributed by atoms with van der Waals surface area (Å²) in [7, 11) is 1.43. The number of rotatable bonds is 6. The van der Waals surface area contributed by atoms with Crippen LogP contribution < -0.4 is 5.32 Å². The Balaban J connectivity index is 1.26. The topological polar surface area (TPSA) is 92.6 Å². The molecule has 2 fully saturated rings. The quantitative estimate of drug-likeness (QED) is 0.674. The summed E-state index contributed by atoms with van der Waals surface area (Å²) >= 11 is 1.61. The van der Waals surface area contributed by atoms with Crippen molar-refractivity contribution in [2.75, 3.05) is 20.2 Å². The molecule has 1 N–H and O–H groups in total. The molecular weight excluding hydrogens is 452 g/mol. The number of carbonyl (C=O) groups is 2. The van der Waals surface area contributed by atoms with E-state index in [0.29, 0.717) is 31.2 Å². The van der Waals surface area contributed by atoms with Gasteiger partial charge in [0, 0.05) is 61.8 Å². The van der Waals surface area contributed by atoms with Crippen molar-refractivity contribution in [2.45, 2.75) is 83.1 Å². The molecule has 2 aromatic heterocycles. The molecule has 3 aliphatic heterocycles. The van der Waals surface area contributed by atoms with Crippen molar-refractivity contribution < 1.29 is 14.3 Å². The number of aryl methyl sites for hydroxylation is 1. The van der Waals surface area contributed by atoms with E-state index in [1.807, 2.05) is 11.6 Å². The van der Waals surface area contributed by atoms with Crippen LogP contribution in [0.5, 0.6) is 0 Å². The zero-order valence-electron chi connectivity index (χ0n) is 20.2. The molecule has 184 valence electrons. The lowest BCUT2D eigenvalue weighted by Gasteiger charge is -2.41. The van der Waals surface area contributed by atoms with Gasteiger partial charge in [-0.25, -0.2) is 14.8 Å². The van der Waals surface area contributed by atoms with Gasteiger partial charge in [-0.1, -0.05) is 0 Å². The fourth-order valence-electron chi connectivity index (χ4n) is 6.32. The largest absolute Gasteiger partial charge is 0.453 e. The lowest BCUT2D eigenvalue weighted by molar-refractivity contribution is -0.119. The third-order valence-corrected chi connectivity index (χ3v) is 8.58. The summed E-state index contributed by atoms with van der Waals surface area (Å²) < 4.78 is 7.39. The number of nitrogens with one attached hydrogen (secondary N) is 1. The fraction of sp³-hybridized carbons (Fsp3) is 0.667. The van der Waals surface area contributed by atoms with Crippen LogP contribution >= 0.6 is 11.3 Å². The number of piperidine rings is 1. The first-order valence-corrected chi connectivity index (χ1v) is 13.1. The van der Waals surface area contributed by atoms with E-state index in [-0.39, 0.29) is 18.0 Å². The van der Waals surface area contributed by atoms with Crippen LogP contribution in [0, 0.1) is 6.92 Å². The Morgan fingerprint density at radius 2 is 2.03 bits per heavy atom. The minimum absolute atomic E-state index is 0.00648. The van der Waals surface area contributed by atoms with Crippen molar-refractivity contribution in [1.29, 1.82) is 0 Å². The molecule has 2 aromatic rings. The minimum atomic E-state index is -0.278. The van der Waals surface area contributed by atoms with Crippen molar-refractivity contribution in [3.05, 3.63) is 33.8 Å². The molecule has 3 aliphatic rings. The van der Waals surface area contributed by atoms with Gasteiger partial charge in [0.25, 0.3) is 0 Å². The third-order valence-electron chi connectivity index (χ3n) is 7.69. The Morgan fingerprint density at radius 3 is 2.68 bits per heavy atom. The molecule has 0 unspecified atom stereocenters. The Labute approximate surface area is 204 Å². The Kier molecular flexibility index (Phi) is 6.61. The van der Waals surface area contributed by atoms with Gasteiger partial charge in [0.15, 0.2) is 0 Å². The molecule has 9 nitrogen and oxygen atoms in total. The van der Waals surface area contributed by atoms with Crippen LogP contribution in [0.25, 0.3) is 0 Å². The maximum Gasteiger partial charge on any atom is 0.409 e. The zero-order valence-corrected chi connectivity index (χ0v) is 21.0. The average molecular weight is 487 g/mol. The molecule has 5 rings (SSSR count). The first kappa shape index (κ1) is 23.3. The van der Waals surface area contributed by atoms with E-state index >= 15 is 0 Å². The number of hydrogen-bond acceptors (Lipinski definition) is 7. The van der Waals surface area contributed by atoms with Crippen LogP contribution in [0.3, 0.4) is 0 Å². The highest BCUT2D eigenvalue weighted by Crippen LogP contribution is 2.43. The monoisotopic (exact) mass is 486 g/mol. The number of aromatic nitrogens is 3. The second kappa shape index (κ2) is 9.65. The Hall–Kier alpha value is -2.46. The fourth-order valence-corrected chi connectivity index (χ4v) is 7.04. The van der Waals surface area contributed by atoms with Crippen LogP contribution in [-0.2, 0) is 22.5 Å². The van der Waals surface area contributed by atoms with E-state index in [4.69, 9.17) is 9.72 Å². The van der Waals surface area contributed by atoms with Crippen LogP contribution in [-0.4, -0.2) is 68.6 Å². The number of methoxy groups -OCH3 is 1. The summed E-state index contributed by atoms with van der Waals surface area (Å²) in [5.74, 6) is 1.05. The summed E-state index contributed by atoms with van der Waals surface area (Å²) in [6.45, 7) is 5.86. The molecule has 0 aromatic carbocycles. The number of nitrogens with zero attached hydrogens (tertiary/aromatic N) is 5. The minimum Gasteiger partial charge on any atom is -0.453 e. The molecule has 2 bridgehead atoms. The zero-order chi connectivity index (χ0) is 23.8. The average Bonchev–Trinajstić information content (AvgIpc) is 3.51. The molecule has 34 heavy (non-hydrogen) atoms. The Morgan fingerprint density at radius 1 is 1.26 bits per heavy atom. The smallest absolute Gasteiger partial charge is 0.409 e. The molecule has 0 aliphatic carbocycles. The summed E-state index contributed by atoms with van der Waals surface area (Å²) in [5.41, 5.74) is 2.32. The number of hydrogen-bond donors (Lipinski definition) is 1. The standard InChI is InChI=1S/C24H34N6O3S/c1-15-26-21-14-28(24(32)33-3)9-7-22(21)30(15)19-12-17-4-5-18(13-19)29(17)10-6-20(27-16(2)31)23-25-8-11-34-23/h8,11,17-20H,4-7,9-10,12-14H2,1-3H3,(H,27,31)/t17-,18+,19+,20-/m0/s1. The first-order valence-electron chi connectivity index (χ1n) is 12.3. The van der Waals surface area contributed by atoms with Crippen molar-refractivity contribution in [3.8, 4) is 0 Å². The maximum atomic E-state index is 12.0. The predicted molar refractivity (Wildman–Crippen MR) is 129 cm³/mol. The third kappa shape index (κ3) is 4.45. The molecule has 0 radical (unpaired) electrons. The highest BCUT2D eigenvalue weighted by molar-refractivity contribution is 7.09. The number of carbonyl (C=O) groups excluding carboxylic acids is 2. The summed E-state index contributed by atoms with van der Waals surface area (Å²) in [6, 6.07) is 1.56. The number of thiazole rings is 1. The normalized spacial score (nSPS) is 25.1. The maximum absolute atomic E-state index is 12.0. The van der Waals surface area contributed by atoms with Gasteiger partial charge in [0.2, 0.25) is 5.91 Å². The van der Waals surface area contributed by atoms with Gasteiger partial charge < -0.3 is 19.5 Å². The van der Waals surface area contributed by atoms with Gasteiger partial charge in [0.1, 0.15) is 10.8 Å². The van der Waals surface area contributed by atoms with E-state index < -0.39 is 0 Å². The van der Waals surface area contributed by atoms with E-state index in [9.17, 15) is 9.59 Å². The van der Waals surface area contributed by atoms with Crippen molar-refractivity contribution in [3.63, 3.8) is 0 Å². The number of amides is 2. The number of fused-ring (bicyclic) bond motifs is 3. The lowest BCUT2D eigenvalue weighted by atomic mass is 9.95. The Bertz CT molecular complexity index is 1020. The second-order valence-electron chi connectivity index (χ2n) is 9.72. The van der Waals surface area contributed by atoms with Gasteiger partial charge in [-0.05, 0) is 39.0 Å². The van der Waals surface area contributed by atoms with Gasteiger partial charge in [-0.15, -0.1) is 11.3 Å². The van der Waals surface area contributed by atoms with Crippen LogP contribution in [0.1, 0.15) is 73.3 Å². The number of ether oxygens (including phenoxy) is 1. The summed E-state index contributed by atoms with van der Waals surface area (Å²) in [6.07, 6.45) is 7.96. The van der Waals surface area contributed by atoms with E-state index in [2.05, 4.69) is 26.7 Å². The van der Waals surface area contributed by atoms with Gasteiger partial charge in [-0.3, -0.25) is 9.69 Å².